The molecule has 2 rings (SSSR count). The lowest BCUT2D eigenvalue weighted by atomic mass is 10.1. The van der Waals surface area contributed by atoms with E-state index in [1.54, 1.807) is 0 Å². The second kappa shape index (κ2) is 6.57. The highest BCUT2D eigenvalue weighted by Gasteiger charge is 2.52. The Hall–Kier alpha value is -1.10. The van der Waals surface area contributed by atoms with E-state index in [1.807, 2.05) is 0 Å². The van der Waals surface area contributed by atoms with Gasteiger partial charge in [-0.05, 0) is 0 Å². The van der Waals surface area contributed by atoms with Crippen LogP contribution in [-0.4, -0.2) is 71.6 Å². The van der Waals surface area contributed by atoms with Crippen molar-refractivity contribution in [3.05, 3.63) is 0 Å². The zero-order chi connectivity index (χ0) is 16.5. The van der Waals surface area contributed by atoms with Gasteiger partial charge >= 0.3 is 13.9 Å². The van der Waals surface area contributed by atoms with Crippen molar-refractivity contribution in [2.45, 2.75) is 31.0 Å². The zero-order valence-electron chi connectivity index (χ0n) is 11.7. The van der Waals surface area contributed by atoms with Gasteiger partial charge in [-0.25, -0.2) is 13.8 Å². The number of ether oxygens (including phenoxy) is 1. The Balaban J connectivity index is 2.16. The fourth-order valence-electron chi connectivity index (χ4n) is 2.22. The van der Waals surface area contributed by atoms with Gasteiger partial charge in [-0.15, -0.1) is 0 Å². The molecule has 10 nitrogen and oxygen atoms in total. The predicted molar refractivity (Wildman–Crippen MR) is 70.7 cm³/mol. The number of amides is 2. The third-order valence-electron chi connectivity index (χ3n) is 3.33. The molecule has 0 radical (unpaired) electrons. The minimum atomic E-state index is -4.48. The Morgan fingerprint density at radius 2 is 2.32 bits per heavy atom. The van der Waals surface area contributed by atoms with Crippen LogP contribution in [-0.2, 0) is 18.3 Å². The molecule has 5 unspecified atom stereocenters. The minimum absolute atomic E-state index is 0.0746. The number of nitrogens with zero attached hydrogens (tertiary/aromatic N) is 2. The van der Waals surface area contributed by atoms with Gasteiger partial charge in [0, 0.05) is 20.1 Å². The Bertz CT molecular complexity index is 519. The van der Waals surface area contributed by atoms with E-state index < -0.39 is 45.1 Å². The van der Waals surface area contributed by atoms with Gasteiger partial charge in [-0.2, -0.15) is 4.99 Å². The number of urea groups is 1. The average Bonchev–Trinajstić information content (AvgIpc) is 2.76. The fraction of sp³-hybridized carbons (Fsp3) is 0.800. The van der Waals surface area contributed by atoms with E-state index in [1.165, 1.54) is 0 Å². The van der Waals surface area contributed by atoms with Crippen LogP contribution in [0, 0.1) is 0 Å². The third kappa shape index (κ3) is 3.45. The molecule has 12 heteroatoms. The molecule has 0 bridgehead atoms. The van der Waals surface area contributed by atoms with Crippen molar-refractivity contribution in [2.24, 2.45) is 10.7 Å². The van der Waals surface area contributed by atoms with Crippen LogP contribution >= 0.6 is 7.82 Å². The number of hydrogen-bond acceptors (Lipinski definition) is 7. The molecule has 0 aliphatic carbocycles. The van der Waals surface area contributed by atoms with E-state index >= 15 is 0 Å². The summed E-state index contributed by atoms with van der Waals surface area (Å²) in [5, 5.41) is 9.21. The van der Waals surface area contributed by atoms with Gasteiger partial charge in [0.2, 0.25) is 0 Å². The molecule has 126 valence electrons. The van der Waals surface area contributed by atoms with E-state index in [2.05, 4.69) is 14.0 Å². The van der Waals surface area contributed by atoms with Gasteiger partial charge in [0.15, 0.2) is 12.4 Å². The molecule has 0 aromatic heterocycles. The smallest absolute Gasteiger partial charge is 0.394 e. The number of halogens is 1. The summed E-state index contributed by atoms with van der Waals surface area (Å²) in [5.74, 6) is 0.125. The van der Waals surface area contributed by atoms with Crippen molar-refractivity contribution in [3.63, 3.8) is 0 Å². The van der Waals surface area contributed by atoms with Crippen molar-refractivity contribution >= 4 is 19.7 Å². The van der Waals surface area contributed by atoms with Crippen molar-refractivity contribution < 1.29 is 37.5 Å². The molecule has 0 spiro atoms. The lowest BCUT2D eigenvalue weighted by molar-refractivity contribution is -0.0693. The van der Waals surface area contributed by atoms with Crippen LogP contribution in [0.25, 0.3) is 0 Å². The number of aliphatic hydroxyl groups is 1. The van der Waals surface area contributed by atoms with Gasteiger partial charge < -0.3 is 20.5 Å². The summed E-state index contributed by atoms with van der Waals surface area (Å²) in [4.78, 5) is 25.5. The summed E-state index contributed by atoms with van der Waals surface area (Å²) in [7, 11) is -3.57. The average molecular weight is 341 g/mol. The first-order valence-corrected chi connectivity index (χ1v) is 7.89. The molecule has 2 heterocycles. The zero-order valence-corrected chi connectivity index (χ0v) is 12.6. The Morgan fingerprint density at radius 1 is 1.64 bits per heavy atom. The largest absolute Gasteiger partial charge is 0.472 e. The molecule has 1 saturated heterocycles. The molecular weight excluding hydrogens is 324 g/mol. The third-order valence-corrected chi connectivity index (χ3v) is 4.30. The van der Waals surface area contributed by atoms with E-state index in [0.717, 1.165) is 12.0 Å². The first kappa shape index (κ1) is 17.3. The van der Waals surface area contributed by atoms with Gasteiger partial charge in [0.05, 0.1) is 6.61 Å². The van der Waals surface area contributed by atoms with Gasteiger partial charge in [-0.3, -0.25) is 13.9 Å². The molecular formula is C10H17FN3O7P. The highest BCUT2D eigenvalue weighted by Crippen LogP contribution is 2.47. The summed E-state index contributed by atoms with van der Waals surface area (Å²) >= 11 is 0. The maximum Gasteiger partial charge on any atom is 0.472 e. The normalized spacial score (nSPS) is 35.4. The monoisotopic (exact) mass is 341 g/mol. The highest BCUT2D eigenvalue weighted by atomic mass is 31.2. The number of carbonyl (C=O) groups excluding carboxylic acids is 1. The van der Waals surface area contributed by atoms with E-state index in [-0.39, 0.29) is 18.8 Å². The van der Waals surface area contributed by atoms with Crippen LogP contribution in [0.1, 0.15) is 6.42 Å². The lowest BCUT2D eigenvalue weighted by Gasteiger charge is -2.30. The SMILES string of the molecule is COP(=O)(O)OC1C(CO)OC(N2CCC(N)=NC2=O)C1F. The number of carbonyl (C=O) groups is 1. The summed E-state index contributed by atoms with van der Waals surface area (Å²) in [6.07, 6.45) is -5.92. The summed E-state index contributed by atoms with van der Waals surface area (Å²) in [6.45, 7) is -0.593. The van der Waals surface area contributed by atoms with E-state index in [4.69, 9.17) is 10.5 Å². The fourth-order valence-corrected chi connectivity index (χ4v) is 2.87. The summed E-state index contributed by atoms with van der Waals surface area (Å²) in [6, 6.07) is -0.785. The number of amidine groups is 1. The molecule has 0 saturated carbocycles. The highest BCUT2D eigenvalue weighted by molar-refractivity contribution is 7.47. The second-order valence-corrected chi connectivity index (χ2v) is 6.26. The molecule has 1 fully saturated rings. The van der Waals surface area contributed by atoms with Crippen molar-refractivity contribution in [3.8, 4) is 0 Å². The Morgan fingerprint density at radius 3 is 2.86 bits per heavy atom. The van der Waals surface area contributed by atoms with Crippen LogP contribution in [0.4, 0.5) is 9.18 Å². The van der Waals surface area contributed by atoms with E-state index in [9.17, 15) is 23.7 Å². The number of nitrogens with two attached hydrogens (primary N) is 1. The number of phosphoric acid groups is 1. The second-order valence-electron chi connectivity index (χ2n) is 4.74. The number of aliphatic hydroxyl groups excluding tert-OH is 1. The first-order valence-electron chi connectivity index (χ1n) is 6.40. The molecule has 0 aromatic rings. The molecule has 4 N–H and O–H groups in total. The maximum atomic E-state index is 14.5. The van der Waals surface area contributed by atoms with Crippen LogP contribution in [0.3, 0.4) is 0 Å². The number of alkyl halides is 1. The number of rotatable bonds is 5. The minimum Gasteiger partial charge on any atom is -0.394 e. The van der Waals surface area contributed by atoms with Gasteiger partial charge in [-0.1, -0.05) is 0 Å². The van der Waals surface area contributed by atoms with Crippen LogP contribution in [0.15, 0.2) is 4.99 Å². The topological polar surface area (TPSA) is 144 Å². The molecule has 2 aliphatic rings. The summed E-state index contributed by atoms with van der Waals surface area (Å²) in [5.41, 5.74) is 5.42. The van der Waals surface area contributed by atoms with Crippen molar-refractivity contribution in [2.75, 3.05) is 20.3 Å². The molecule has 2 amide bonds. The predicted octanol–water partition coefficient (Wildman–Crippen LogP) is -0.643. The lowest BCUT2D eigenvalue weighted by Crippen LogP contribution is -2.48. The standard InChI is InChI=1S/C10H17FN3O7P/c1-19-22(17,18)21-8-5(4-15)20-9(7(8)11)14-3-2-6(12)13-10(14)16/h5,7-9,15H,2-4H2,1H3,(H,17,18)(H2,12,13,16). The molecule has 22 heavy (non-hydrogen) atoms. The van der Waals surface area contributed by atoms with Crippen molar-refractivity contribution in [1.82, 2.24) is 4.90 Å². The Labute approximate surface area is 125 Å². The van der Waals surface area contributed by atoms with Crippen LogP contribution in [0.2, 0.25) is 0 Å². The van der Waals surface area contributed by atoms with Gasteiger partial charge in [0.25, 0.3) is 0 Å². The first-order chi connectivity index (χ1) is 10.3. The summed E-state index contributed by atoms with van der Waals surface area (Å²) < 4.78 is 40.0. The quantitative estimate of drug-likeness (QED) is 0.560. The number of aliphatic imine (C=N–C) groups is 1. The molecule has 2 aliphatic heterocycles. The maximum absolute atomic E-state index is 14.5. The van der Waals surface area contributed by atoms with Crippen molar-refractivity contribution in [1.29, 1.82) is 0 Å². The van der Waals surface area contributed by atoms with Gasteiger partial charge in [0.1, 0.15) is 18.0 Å². The van der Waals surface area contributed by atoms with E-state index in [0.29, 0.717) is 0 Å². The molecule has 0 aromatic carbocycles. The molecule has 5 atom stereocenters. The Kier molecular flexibility index (Phi) is 5.15. The number of hydrogen-bond donors (Lipinski definition) is 3. The van der Waals surface area contributed by atoms with Crippen LogP contribution < -0.4 is 5.73 Å². The van der Waals surface area contributed by atoms with Crippen LogP contribution in [0.5, 0.6) is 0 Å². The number of phosphoric ester groups is 1.